The molecule has 2 aliphatic rings. The highest BCUT2D eigenvalue weighted by Crippen LogP contribution is 2.51. The largest absolute Gasteiger partial charge is 0.493 e. The molecule has 0 saturated carbocycles. The maximum absolute atomic E-state index is 6.46. The van der Waals surface area contributed by atoms with Gasteiger partial charge in [-0.3, -0.25) is 0 Å². The van der Waals surface area contributed by atoms with E-state index >= 15 is 0 Å². The summed E-state index contributed by atoms with van der Waals surface area (Å²) in [5, 5.41) is 9.11. The molecule has 2 aliphatic heterocycles. The summed E-state index contributed by atoms with van der Waals surface area (Å²) >= 11 is 1.70. The Bertz CT molecular complexity index is 1100. The highest BCUT2D eigenvalue weighted by molar-refractivity contribution is 7.12. The van der Waals surface area contributed by atoms with E-state index in [1.54, 1.807) is 32.7 Å². The number of hydrogen-bond donors (Lipinski definition) is 0. The number of fused-ring (bicyclic) bond motifs is 3. The lowest BCUT2D eigenvalue weighted by atomic mass is 9.97. The van der Waals surface area contributed by atoms with Crippen molar-refractivity contribution in [2.24, 2.45) is 5.10 Å². The fourth-order valence-electron chi connectivity index (χ4n) is 4.15. The van der Waals surface area contributed by atoms with Gasteiger partial charge >= 0.3 is 0 Å². The fraction of sp³-hybridized carbons (Fsp3) is 0.261. The summed E-state index contributed by atoms with van der Waals surface area (Å²) in [4.78, 5) is 1.18. The zero-order chi connectivity index (χ0) is 20.7. The number of para-hydroxylation sites is 1. The van der Waals surface area contributed by atoms with Crippen molar-refractivity contribution in [2.45, 2.75) is 18.7 Å². The molecule has 6 nitrogen and oxygen atoms in total. The van der Waals surface area contributed by atoms with Crippen molar-refractivity contribution in [1.82, 2.24) is 5.01 Å². The molecule has 7 heteroatoms. The van der Waals surface area contributed by atoms with E-state index in [1.165, 1.54) is 4.88 Å². The van der Waals surface area contributed by atoms with Crippen LogP contribution in [0.3, 0.4) is 0 Å². The van der Waals surface area contributed by atoms with Crippen molar-refractivity contribution in [2.75, 3.05) is 21.3 Å². The Kier molecular flexibility index (Phi) is 4.75. The summed E-state index contributed by atoms with van der Waals surface area (Å²) in [7, 11) is 4.84. The van der Waals surface area contributed by atoms with Crippen molar-refractivity contribution in [3.05, 3.63) is 69.9 Å². The van der Waals surface area contributed by atoms with Crippen molar-refractivity contribution in [3.63, 3.8) is 0 Å². The third-order valence-corrected chi connectivity index (χ3v) is 6.42. The molecular formula is C23H22N2O4S. The Labute approximate surface area is 179 Å². The van der Waals surface area contributed by atoms with E-state index in [9.17, 15) is 0 Å². The van der Waals surface area contributed by atoms with Crippen LogP contribution in [0.4, 0.5) is 0 Å². The molecule has 0 aliphatic carbocycles. The van der Waals surface area contributed by atoms with Gasteiger partial charge in [-0.15, -0.1) is 11.3 Å². The van der Waals surface area contributed by atoms with Crippen molar-refractivity contribution >= 4 is 17.0 Å². The van der Waals surface area contributed by atoms with Gasteiger partial charge in [0.1, 0.15) is 5.75 Å². The van der Waals surface area contributed by atoms with Gasteiger partial charge in [-0.25, -0.2) is 5.01 Å². The molecule has 0 saturated heterocycles. The summed E-state index contributed by atoms with van der Waals surface area (Å²) < 4.78 is 23.2. The first-order valence-electron chi connectivity index (χ1n) is 9.69. The van der Waals surface area contributed by atoms with Gasteiger partial charge in [0.25, 0.3) is 0 Å². The third-order valence-electron chi connectivity index (χ3n) is 5.51. The maximum atomic E-state index is 6.46. The molecule has 1 aromatic heterocycles. The topological polar surface area (TPSA) is 52.5 Å². The molecule has 2 atom stereocenters. The van der Waals surface area contributed by atoms with E-state index in [0.29, 0.717) is 17.2 Å². The molecule has 0 fully saturated rings. The molecule has 0 spiro atoms. The molecule has 0 unspecified atom stereocenters. The van der Waals surface area contributed by atoms with Gasteiger partial charge in [0.15, 0.2) is 11.5 Å². The summed E-state index contributed by atoms with van der Waals surface area (Å²) in [5.74, 6) is 2.59. The Balaban J connectivity index is 1.65. The van der Waals surface area contributed by atoms with Gasteiger partial charge in [0.2, 0.25) is 12.0 Å². The first kappa shape index (κ1) is 18.8. The normalized spacial score (nSPS) is 19.4. The summed E-state index contributed by atoms with van der Waals surface area (Å²) in [6, 6.07) is 16.2. The molecule has 3 heterocycles. The number of ether oxygens (including phenoxy) is 4. The minimum absolute atomic E-state index is 0.0925. The van der Waals surface area contributed by atoms with E-state index < -0.39 is 6.23 Å². The number of nitrogens with zero attached hydrogens (tertiary/aromatic N) is 2. The Morgan fingerprint density at radius 2 is 1.77 bits per heavy atom. The van der Waals surface area contributed by atoms with E-state index in [4.69, 9.17) is 24.0 Å². The lowest BCUT2D eigenvalue weighted by Crippen LogP contribution is -2.34. The highest BCUT2D eigenvalue weighted by Gasteiger charge is 2.42. The Morgan fingerprint density at radius 1 is 0.933 bits per heavy atom. The predicted octanol–water partition coefficient (Wildman–Crippen LogP) is 5.02. The third kappa shape index (κ3) is 2.89. The smallest absolute Gasteiger partial charge is 0.217 e. The average Bonchev–Trinajstić information content (AvgIpc) is 3.47. The standard InChI is InChI=1S/C23H22N2O4S/c1-26-19-11-10-15(21(27-2)22(19)28-3)23-25-17(14-7-4-5-8-18(14)29-23)13-16(24-25)20-9-6-12-30-20/h4-12,17,23H,13H2,1-3H3/t17-,23-/m0/s1. The molecule has 0 radical (unpaired) electrons. The van der Waals surface area contributed by atoms with Crippen LogP contribution in [0, 0.1) is 0 Å². The number of rotatable bonds is 5. The lowest BCUT2D eigenvalue weighted by molar-refractivity contribution is -0.0205. The van der Waals surface area contributed by atoms with Crippen molar-refractivity contribution in [1.29, 1.82) is 0 Å². The van der Waals surface area contributed by atoms with Crippen LogP contribution in [-0.4, -0.2) is 32.0 Å². The maximum Gasteiger partial charge on any atom is 0.217 e. The second kappa shape index (κ2) is 7.57. The Hall–Kier alpha value is -3.19. The number of hydrazone groups is 1. The van der Waals surface area contributed by atoms with Crippen LogP contribution >= 0.6 is 11.3 Å². The van der Waals surface area contributed by atoms with Crippen LogP contribution in [0.15, 0.2) is 59.0 Å². The molecule has 5 rings (SSSR count). The van der Waals surface area contributed by atoms with Gasteiger partial charge in [-0.2, -0.15) is 5.10 Å². The SMILES string of the molecule is COc1ccc([C@@H]2Oc3ccccc3[C@@H]3CC(c4cccs4)=NN32)c(OC)c1OC. The zero-order valence-electron chi connectivity index (χ0n) is 17.0. The number of methoxy groups -OCH3 is 3. The second-order valence-corrected chi connectivity index (χ2v) is 8.00. The lowest BCUT2D eigenvalue weighted by Gasteiger charge is -2.38. The minimum Gasteiger partial charge on any atom is -0.493 e. The molecule has 3 aromatic rings. The van der Waals surface area contributed by atoms with Crippen LogP contribution in [0.5, 0.6) is 23.0 Å². The quantitative estimate of drug-likeness (QED) is 0.578. The van der Waals surface area contributed by atoms with Crippen molar-refractivity contribution < 1.29 is 18.9 Å². The van der Waals surface area contributed by atoms with Crippen LogP contribution in [-0.2, 0) is 0 Å². The Morgan fingerprint density at radius 3 is 2.50 bits per heavy atom. The summed E-state index contributed by atoms with van der Waals surface area (Å²) in [5.41, 5.74) is 3.05. The molecule has 2 aromatic carbocycles. The first-order valence-corrected chi connectivity index (χ1v) is 10.6. The molecule has 154 valence electrons. The second-order valence-electron chi connectivity index (χ2n) is 7.06. The van der Waals surface area contributed by atoms with Crippen LogP contribution in [0.2, 0.25) is 0 Å². The highest BCUT2D eigenvalue weighted by atomic mass is 32.1. The van der Waals surface area contributed by atoms with Crippen LogP contribution < -0.4 is 18.9 Å². The molecule has 0 bridgehead atoms. The van der Waals surface area contributed by atoms with E-state index in [-0.39, 0.29) is 6.04 Å². The first-order chi connectivity index (χ1) is 14.7. The van der Waals surface area contributed by atoms with Crippen molar-refractivity contribution in [3.8, 4) is 23.0 Å². The zero-order valence-corrected chi connectivity index (χ0v) is 17.8. The number of hydrogen-bond acceptors (Lipinski definition) is 7. The molecule has 0 amide bonds. The average molecular weight is 423 g/mol. The summed E-state index contributed by atoms with van der Waals surface area (Å²) in [6.07, 6.45) is 0.379. The van der Waals surface area contributed by atoms with E-state index in [0.717, 1.165) is 29.0 Å². The van der Waals surface area contributed by atoms with Gasteiger partial charge in [-0.1, -0.05) is 24.3 Å². The van der Waals surface area contributed by atoms with Crippen LogP contribution in [0.1, 0.15) is 34.7 Å². The number of benzene rings is 2. The minimum atomic E-state index is -0.447. The monoisotopic (exact) mass is 422 g/mol. The van der Waals surface area contributed by atoms with Gasteiger partial charge in [0, 0.05) is 12.0 Å². The molecular weight excluding hydrogens is 400 g/mol. The van der Waals surface area contributed by atoms with Crippen LogP contribution in [0.25, 0.3) is 0 Å². The molecule has 0 N–H and O–H groups in total. The summed E-state index contributed by atoms with van der Waals surface area (Å²) in [6.45, 7) is 0. The molecule has 30 heavy (non-hydrogen) atoms. The number of thiophene rings is 1. The fourth-order valence-corrected chi connectivity index (χ4v) is 4.87. The van der Waals surface area contributed by atoms with E-state index in [2.05, 4.69) is 23.6 Å². The van der Waals surface area contributed by atoms with Gasteiger partial charge in [0.05, 0.1) is 43.5 Å². The van der Waals surface area contributed by atoms with E-state index in [1.807, 2.05) is 35.3 Å². The van der Waals surface area contributed by atoms with Gasteiger partial charge < -0.3 is 18.9 Å². The van der Waals surface area contributed by atoms with Gasteiger partial charge in [-0.05, 0) is 29.6 Å². The predicted molar refractivity (Wildman–Crippen MR) is 116 cm³/mol.